The summed E-state index contributed by atoms with van der Waals surface area (Å²) in [5.41, 5.74) is 0. The van der Waals surface area contributed by atoms with Crippen LogP contribution in [0.25, 0.3) is 0 Å². The van der Waals surface area contributed by atoms with Crippen LogP contribution in [-0.2, 0) is 4.79 Å². The number of hydrogen-bond acceptors (Lipinski definition) is 1. The summed E-state index contributed by atoms with van der Waals surface area (Å²) in [5, 5.41) is 7.99. The van der Waals surface area contributed by atoms with Crippen LogP contribution in [0.1, 0.15) is 13.8 Å². The zero-order valence-corrected chi connectivity index (χ0v) is 10.1. The molecule has 2 nitrogen and oxygen atoms in total. The van der Waals surface area contributed by atoms with Crippen molar-refractivity contribution in [3.8, 4) is 0 Å². The summed E-state index contributed by atoms with van der Waals surface area (Å²) in [7, 11) is 0. The van der Waals surface area contributed by atoms with Crippen molar-refractivity contribution in [3.05, 3.63) is 0 Å². The van der Waals surface area contributed by atoms with Crippen LogP contribution in [-0.4, -0.2) is 38.4 Å². The van der Waals surface area contributed by atoms with Gasteiger partial charge in [0.05, 0.1) is 5.92 Å². The molecule has 0 aromatic heterocycles. The first-order valence-corrected chi connectivity index (χ1v) is 1.87. The SMILES string of the molecule is CC(C)C(=O)O.[PbH2]. The maximum atomic E-state index is 9.70. The van der Waals surface area contributed by atoms with E-state index in [9.17, 15) is 4.79 Å². The standard InChI is InChI=1S/C4H8O2.Pb.2H/c1-3(2)4(5)6;;;/h3H,1-2H3,(H,5,6);;;. The summed E-state index contributed by atoms with van der Waals surface area (Å²) in [4.78, 5) is 9.70. The Morgan fingerprint density at radius 1 is 1.57 bits per heavy atom. The normalized spacial score (nSPS) is 7.86. The van der Waals surface area contributed by atoms with Gasteiger partial charge in [-0.2, -0.15) is 0 Å². The minimum absolute atomic E-state index is 0. The fourth-order valence-electron chi connectivity index (χ4n) is 0. The van der Waals surface area contributed by atoms with Gasteiger partial charge in [-0.05, 0) is 0 Å². The molecular formula is C4H10O2Pb. The third kappa shape index (κ3) is 6.39. The third-order valence-electron chi connectivity index (χ3n) is 0.494. The second-order valence-corrected chi connectivity index (χ2v) is 1.49. The van der Waals surface area contributed by atoms with Gasteiger partial charge in [-0.15, -0.1) is 0 Å². The van der Waals surface area contributed by atoms with Crippen LogP contribution in [0.2, 0.25) is 0 Å². The Kier molecular flexibility index (Phi) is 6.75. The molecule has 0 amide bonds. The summed E-state index contributed by atoms with van der Waals surface area (Å²) < 4.78 is 0. The number of aliphatic carboxylic acids is 1. The molecule has 0 saturated carbocycles. The maximum absolute atomic E-state index is 9.70. The molecule has 0 rings (SSSR count). The first kappa shape index (κ1) is 10.4. The summed E-state index contributed by atoms with van der Waals surface area (Å²) in [5.74, 6) is -0.972. The van der Waals surface area contributed by atoms with E-state index < -0.39 is 5.97 Å². The van der Waals surface area contributed by atoms with Crippen molar-refractivity contribution in [2.24, 2.45) is 5.92 Å². The van der Waals surface area contributed by atoms with Gasteiger partial charge >= 0.3 is 33.3 Å². The first-order chi connectivity index (χ1) is 2.64. The molecule has 2 radical (unpaired) electrons. The molecule has 0 atom stereocenters. The molecule has 1 N–H and O–H groups in total. The molecule has 0 aromatic rings. The van der Waals surface area contributed by atoms with Crippen molar-refractivity contribution in [1.82, 2.24) is 0 Å². The molecule has 0 aliphatic heterocycles. The van der Waals surface area contributed by atoms with Crippen molar-refractivity contribution in [3.63, 3.8) is 0 Å². The van der Waals surface area contributed by atoms with Crippen LogP contribution in [0.5, 0.6) is 0 Å². The van der Waals surface area contributed by atoms with Crippen molar-refractivity contribution in [2.45, 2.75) is 13.8 Å². The van der Waals surface area contributed by atoms with Gasteiger partial charge in [0.25, 0.3) is 0 Å². The van der Waals surface area contributed by atoms with Crippen molar-refractivity contribution < 1.29 is 9.90 Å². The van der Waals surface area contributed by atoms with Gasteiger partial charge in [-0.3, -0.25) is 4.79 Å². The molecule has 0 aromatic carbocycles. The Morgan fingerprint density at radius 2 is 1.71 bits per heavy atom. The van der Waals surface area contributed by atoms with Crippen LogP contribution in [0.15, 0.2) is 0 Å². The molecule has 0 aliphatic carbocycles. The van der Waals surface area contributed by atoms with Gasteiger partial charge in [0, 0.05) is 0 Å². The molecule has 0 unspecified atom stereocenters. The van der Waals surface area contributed by atoms with E-state index in [0.717, 1.165) is 0 Å². The predicted octanol–water partition coefficient (Wildman–Crippen LogP) is -0.189. The molecule has 42 valence electrons. The molecule has 3 heteroatoms. The van der Waals surface area contributed by atoms with E-state index in [0.29, 0.717) is 0 Å². The zero-order chi connectivity index (χ0) is 5.15. The summed E-state index contributed by atoms with van der Waals surface area (Å²) in [6, 6.07) is 0. The molecular weight excluding hydrogens is 287 g/mol. The van der Waals surface area contributed by atoms with Crippen LogP contribution in [0.4, 0.5) is 0 Å². The quantitative estimate of drug-likeness (QED) is 0.681. The van der Waals surface area contributed by atoms with Gasteiger partial charge in [-0.25, -0.2) is 0 Å². The van der Waals surface area contributed by atoms with Gasteiger partial charge in [-0.1, -0.05) is 13.8 Å². The summed E-state index contributed by atoms with van der Waals surface area (Å²) >= 11 is 0. The van der Waals surface area contributed by atoms with Gasteiger partial charge < -0.3 is 5.11 Å². The number of carboxylic acid groups (broad SMARTS) is 1. The fourth-order valence-corrected chi connectivity index (χ4v) is 0. The van der Waals surface area contributed by atoms with Gasteiger partial charge in [0.15, 0.2) is 0 Å². The average Bonchev–Trinajstić information content (AvgIpc) is 1.36. The number of carbonyl (C=O) groups is 1. The average molecular weight is 297 g/mol. The second kappa shape index (κ2) is 4.55. The van der Waals surface area contributed by atoms with E-state index in [1.807, 2.05) is 0 Å². The van der Waals surface area contributed by atoms with E-state index in [-0.39, 0.29) is 33.2 Å². The van der Waals surface area contributed by atoms with Crippen LogP contribution in [0.3, 0.4) is 0 Å². The molecule has 7 heavy (non-hydrogen) atoms. The van der Waals surface area contributed by atoms with Crippen LogP contribution in [0, 0.1) is 5.92 Å². The van der Waals surface area contributed by atoms with Crippen molar-refractivity contribution in [2.75, 3.05) is 0 Å². The Bertz CT molecular complexity index is 60.7. The second-order valence-electron chi connectivity index (χ2n) is 1.49. The van der Waals surface area contributed by atoms with Gasteiger partial charge in [0.2, 0.25) is 0 Å². The third-order valence-corrected chi connectivity index (χ3v) is 0.494. The van der Waals surface area contributed by atoms with E-state index in [4.69, 9.17) is 5.11 Å². The van der Waals surface area contributed by atoms with Crippen molar-refractivity contribution >= 4 is 33.3 Å². The fraction of sp³-hybridized carbons (Fsp3) is 0.750. The monoisotopic (exact) mass is 298 g/mol. The summed E-state index contributed by atoms with van der Waals surface area (Å²) in [6.45, 7) is 3.28. The Labute approximate surface area is 63.1 Å². The molecule has 0 heterocycles. The van der Waals surface area contributed by atoms with Crippen LogP contribution < -0.4 is 0 Å². The number of carboxylic acids is 1. The molecule has 0 aliphatic rings. The van der Waals surface area contributed by atoms with Gasteiger partial charge in [0.1, 0.15) is 0 Å². The molecule has 0 saturated heterocycles. The predicted molar refractivity (Wildman–Crippen MR) is 31.0 cm³/mol. The van der Waals surface area contributed by atoms with E-state index in [2.05, 4.69) is 0 Å². The van der Waals surface area contributed by atoms with E-state index in [1.165, 1.54) is 0 Å². The Hall–Kier alpha value is 0.392. The summed E-state index contributed by atoms with van der Waals surface area (Å²) in [6.07, 6.45) is 0. The molecule has 0 fully saturated rings. The Morgan fingerprint density at radius 3 is 1.71 bits per heavy atom. The van der Waals surface area contributed by atoms with Crippen molar-refractivity contribution in [1.29, 1.82) is 0 Å². The van der Waals surface area contributed by atoms with Crippen LogP contribution >= 0.6 is 0 Å². The number of rotatable bonds is 1. The zero-order valence-electron chi connectivity index (χ0n) is 4.64. The number of hydrogen-bond donors (Lipinski definition) is 1. The minimum atomic E-state index is -0.741. The first-order valence-electron chi connectivity index (χ1n) is 1.87. The molecule has 0 spiro atoms. The Balaban J connectivity index is 0. The van der Waals surface area contributed by atoms with E-state index >= 15 is 0 Å². The topological polar surface area (TPSA) is 37.3 Å². The van der Waals surface area contributed by atoms with E-state index in [1.54, 1.807) is 13.8 Å². The molecule has 0 bridgehead atoms.